The summed E-state index contributed by atoms with van der Waals surface area (Å²) in [7, 11) is 5.79. The fraction of sp³-hybridized carbons (Fsp3) is 0.971. The molecule has 5 heteroatoms. The second-order valence-electron chi connectivity index (χ2n) is 15.7. The second-order valence-corrected chi connectivity index (χ2v) is 15.7. The van der Waals surface area contributed by atoms with Gasteiger partial charge in [0.15, 0.2) is 0 Å². The van der Waals surface area contributed by atoms with Gasteiger partial charge in [0.1, 0.15) is 5.60 Å². The van der Waals surface area contributed by atoms with Crippen LogP contribution in [0.3, 0.4) is 0 Å². The lowest BCUT2D eigenvalue weighted by atomic mass is 9.43. The Balaban J connectivity index is 1.55. The van der Waals surface area contributed by atoms with E-state index in [1.165, 1.54) is 38.5 Å². The summed E-state index contributed by atoms with van der Waals surface area (Å²) in [5, 5.41) is 0. The van der Waals surface area contributed by atoms with Crippen LogP contribution in [0.5, 0.6) is 0 Å². The maximum Gasteiger partial charge on any atom is 0.309 e. The van der Waals surface area contributed by atoms with E-state index in [2.05, 4.69) is 34.6 Å². The molecular formula is C34H60O5. The Kier molecular flexibility index (Phi) is 9.27. The van der Waals surface area contributed by atoms with Gasteiger partial charge in [0, 0.05) is 26.7 Å². The van der Waals surface area contributed by atoms with Crippen LogP contribution < -0.4 is 0 Å². The SMILES string of the molecule is CO[C@@H]1CC[C@@]2(C)[C@H](C1)C[C@@H](OC)[C@@H]1[C@@H]2C[C@H](OC)[C@]2(C)[C@@H]([C@H](C)CC(C)C(C)C(=O)OC(C)(C)C)CC[C@@H]12. The van der Waals surface area contributed by atoms with Crippen LogP contribution in [0.4, 0.5) is 0 Å². The Bertz CT molecular complexity index is 851. The van der Waals surface area contributed by atoms with Crippen LogP contribution in [0.25, 0.3) is 0 Å². The van der Waals surface area contributed by atoms with Crippen LogP contribution in [-0.4, -0.2) is 51.2 Å². The van der Waals surface area contributed by atoms with E-state index >= 15 is 0 Å². The first-order chi connectivity index (χ1) is 18.2. The summed E-state index contributed by atoms with van der Waals surface area (Å²) in [5.74, 6) is 3.76. The summed E-state index contributed by atoms with van der Waals surface area (Å²) in [6.45, 7) is 17.7. The van der Waals surface area contributed by atoms with Crippen LogP contribution in [0.15, 0.2) is 0 Å². The largest absolute Gasteiger partial charge is 0.460 e. The molecule has 4 aliphatic carbocycles. The van der Waals surface area contributed by atoms with Crippen molar-refractivity contribution in [2.24, 2.45) is 58.2 Å². The van der Waals surface area contributed by atoms with Crippen molar-refractivity contribution < 1.29 is 23.7 Å². The maximum atomic E-state index is 12.8. The van der Waals surface area contributed by atoms with Crippen molar-refractivity contribution in [3.8, 4) is 0 Å². The van der Waals surface area contributed by atoms with Gasteiger partial charge in [0.25, 0.3) is 0 Å². The fourth-order valence-electron chi connectivity index (χ4n) is 10.5. The molecule has 4 saturated carbocycles. The first-order valence-electron chi connectivity index (χ1n) is 16.0. The highest BCUT2D eigenvalue weighted by Crippen LogP contribution is 2.69. The summed E-state index contributed by atoms with van der Waals surface area (Å²) in [6.07, 6.45) is 10.5. The van der Waals surface area contributed by atoms with Crippen LogP contribution in [0.2, 0.25) is 0 Å². The molecule has 4 aliphatic rings. The first-order valence-corrected chi connectivity index (χ1v) is 16.0. The molecular weight excluding hydrogens is 488 g/mol. The zero-order valence-electron chi connectivity index (χ0n) is 27.0. The molecule has 0 amide bonds. The highest BCUT2D eigenvalue weighted by molar-refractivity contribution is 5.72. The Morgan fingerprint density at radius 1 is 0.897 bits per heavy atom. The fourth-order valence-corrected chi connectivity index (χ4v) is 10.5. The number of fused-ring (bicyclic) bond motifs is 5. The lowest BCUT2D eigenvalue weighted by Crippen LogP contribution is -2.63. The Hall–Kier alpha value is -0.650. The molecule has 0 saturated heterocycles. The minimum absolute atomic E-state index is 0.0656. The van der Waals surface area contributed by atoms with Crippen molar-refractivity contribution in [1.82, 2.24) is 0 Å². The lowest BCUT2D eigenvalue weighted by Gasteiger charge is -2.64. The van der Waals surface area contributed by atoms with Gasteiger partial charge < -0.3 is 18.9 Å². The normalized spacial score (nSPS) is 44.5. The van der Waals surface area contributed by atoms with Crippen molar-refractivity contribution in [3.05, 3.63) is 0 Å². The number of ether oxygens (including phenoxy) is 4. The molecule has 0 aromatic rings. The summed E-state index contributed by atoms with van der Waals surface area (Å²) in [6, 6.07) is 0. The van der Waals surface area contributed by atoms with Crippen molar-refractivity contribution in [3.63, 3.8) is 0 Å². The number of esters is 1. The minimum Gasteiger partial charge on any atom is -0.460 e. The standard InChI is InChI=1S/C34H60O5/c1-20(22(3)31(35)39-32(4,5)6)16-21(2)25-12-13-26-30-27(19-29(38-11)34(25,26)8)33(7)15-14-24(36-9)17-23(33)18-28(30)37-10/h20-30H,12-19H2,1-11H3/t20?,21-,22?,23-,24-,25-,26+,27+,28-,29+,30+,33+,34-/m1/s1. The van der Waals surface area contributed by atoms with Crippen LogP contribution in [0, 0.1) is 58.2 Å². The van der Waals surface area contributed by atoms with Gasteiger partial charge in [-0.25, -0.2) is 0 Å². The third kappa shape index (κ3) is 5.59. The van der Waals surface area contributed by atoms with Crippen molar-refractivity contribution in [2.75, 3.05) is 21.3 Å². The summed E-state index contributed by atoms with van der Waals surface area (Å²) < 4.78 is 24.4. The monoisotopic (exact) mass is 548 g/mol. The third-order valence-corrected chi connectivity index (χ3v) is 12.7. The van der Waals surface area contributed by atoms with Crippen molar-refractivity contribution in [2.45, 2.75) is 131 Å². The van der Waals surface area contributed by atoms with E-state index in [1.54, 1.807) is 0 Å². The Morgan fingerprint density at radius 2 is 1.59 bits per heavy atom. The second kappa shape index (κ2) is 11.6. The Labute approximate surface area is 239 Å². The molecule has 2 unspecified atom stereocenters. The van der Waals surface area contributed by atoms with Crippen molar-refractivity contribution >= 4 is 5.97 Å². The maximum absolute atomic E-state index is 12.8. The van der Waals surface area contributed by atoms with E-state index in [1.807, 2.05) is 42.1 Å². The van der Waals surface area contributed by atoms with Gasteiger partial charge in [0.05, 0.1) is 24.2 Å². The van der Waals surface area contributed by atoms with Gasteiger partial charge in [-0.1, -0.05) is 34.6 Å². The molecule has 0 aliphatic heterocycles. The Morgan fingerprint density at radius 3 is 2.18 bits per heavy atom. The van der Waals surface area contributed by atoms with E-state index in [-0.39, 0.29) is 29.3 Å². The average molecular weight is 549 g/mol. The minimum atomic E-state index is -0.441. The van der Waals surface area contributed by atoms with Gasteiger partial charge in [-0.05, 0) is 119 Å². The summed E-state index contributed by atoms with van der Waals surface area (Å²) in [4.78, 5) is 12.8. The van der Waals surface area contributed by atoms with Crippen molar-refractivity contribution in [1.29, 1.82) is 0 Å². The van der Waals surface area contributed by atoms with E-state index in [4.69, 9.17) is 18.9 Å². The molecule has 5 nitrogen and oxygen atoms in total. The molecule has 0 bridgehead atoms. The van der Waals surface area contributed by atoms with E-state index in [0.29, 0.717) is 53.1 Å². The van der Waals surface area contributed by atoms with Crippen LogP contribution in [0.1, 0.15) is 107 Å². The number of methoxy groups -OCH3 is 3. The number of hydrogen-bond donors (Lipinski definition) is 0. The molecule has 39 heavy (non-hydrogen) atoms. The zero-order chi connectivity index (χ0) is 28.9. The molecule has 0 aromatic heterocycles. The third-order valence-electron chi connectivity index (χ3n) is 12.7. The quantitative estimate of drug-likeness (QED) is 0.293. The van der Waals surface area contributed by atoms with E-state index < -0.39 is 5.60 Å². The molecule has 0 aromatic carbocycles. The van der Waals surface area contributed by atoms with Crippen LogP contribution in [-0.2, 0) is 23.7 Å². The molecule has 13 atom stereocenters. The number of carbonyl (C=O) groups is 1. The van der Waals surface area contributed by atoms with Gasteiger partial charge in [-0.3, -0.25) is 4.79 Å². The van der Waals surface area contributed by atoms with Gasteiger partial charge in [-0.15, -0.1) is 0 Å². The summed E-state index contributed by atoms with van der Waals surface area (Å²) in [5.41, 5.74) is 0.0331. The molecule has 0 heterocycles. The van der Waals surface area contributed by atoms with Gasteiger partial charge >= 0.3 is 5.97 Å². The van der Waals surface area contributed by atoms with Crippen LogP contribution >= 0.6 is 0 Å². The predicted molar refractivity (Wildman–Crippen MR) is 156 cm³/mol. The molecule has 0 spiro atoms. The highest BCUT2D eigenvalue weighted by atomic mass is 16.6. The molecule has 226 valence electrons. The van der Waals surface area contributed by atoms with E-state index in [9.17, 15) is 4.79 Å². The smallest absolute Gasteiger partial charge is 0.309 e. The zero-order valence-corrected chi connectivity index (χ0v) is 27.0. The van der Waals surface area contributed by atoms with E-state index in [0.717, 1.165) is 12.8 Å². The molecule has 4 rings (SSSR count). The van der Waals surface area contributed by atoms with Gasteiger partial charge in [0.2, 0.25) is 0 Å². The highest BCUT2D eigenvalue weighted by Gasteiger charge is 2.66. The topological polar surface area (TPSA) is 54.0 Å². The average Bonchev–Trinajstić information content (AvgIpc) is 3.23. The molecule has 4 fully saturated rings. The summed E-state index contributed by atoms with van der Waals surface area (Å²) >= 11 is 0. The molecule has 0 radical (unpaired) electrons. The number of carbonyl (C=O) groups excluding carboxylic acids is 1. The predicted octanol–water partition coefficient (Wildman–Crippen LogP) is 7.55. The number of hydrogen-bond acceptors (Lipinski definition) is 5. The number of rotatable bonds is 8. The molecule has 0 N–H and O–H groups in total. The lowest BCUT2D eigenvalue weighted by molar-refractivity contribution is -0.218. The first kappa shape index (κ1) is 31.3. The van der Waals surface area contributed by atoms with Gasteiger partial charge in [-0.2, -0.15) is 0 Å².